The number of fused-ring (bicyclic) bond motifs is 1. The Balaban J connectivity index is 1.72. The van der Waals surface area contributed by atoms with E-state index in [1.165, 1.54) is 0 Å². The van der Waals surface area contributed by atoms with E-state index in [9.17, 15) is 9.59 Å². The Labute approximate surface area is 184 Å². The van der Waals surface area contributed by atoms with Crippen LogP contribution < -0.4 is 10.1 Å². The summed E-state index contributed by atoms with van der Waals surface area (Å²) in [5.74, 6) is 0.440. The van der Waals surface area contributed by atoms with Gasteiger partial charge in [-0.1, -0.05) is 49.7 Å². The number of ether oxygens (including phenoxy) is 1. The molecule has 2 amide bonds. The number of hydrogen-bond acceptors (Lipinski definition) is 3. The first-order valence-electron chi connectivity index (χ1n) is 10.5. The van der Waals surface area contributed by atoms with E-state index in [-0.39, 0.29) is 17.7 Å². The maximum absolute atomic E-state index is 13.2. The molecule has 3 aromatic rings. The van der Waals surface area contributed by atoms with Gasteiger partial charge in [-0.05, 0) is 59.5 Å². The highest BCUT2D eigenvalue weighted by atomic mass is 16.5. The van der Waals surface area contributed by atoms with Gasteiger partial charge < -0.3 is 15.0 Å². The van der Waals surface area contributed by atoms with Gasteiger partial charge in [0.1, 0.15) is 11.8 Å². The average molecular weight is 419 g/mol. The first kappa shape index (κ1) is 22.3. The lowest BCUT2D eigenvalue weighted by atomic mass is 10.0. The van der Waals surface area contributed by atoms with Crippen molar-refractivity contribution in [3.63, 3.8) is 0 Å². The third-order valence-electron chi connectivity index (χ3n) is 5.44. The van der Waals surface area contributed by atoms with Crippen LogP contribution in [0.5, 0.6) is 5.75 Å². The van der Waals surface area contributed by atoms with Gasteiger partial charge in [-0.25, -0.2) is 0 Å². The van der Waals surface area contributed by atoms with Crippen LogP contribution in [0.3, 0.4) is 0 Å². The molecule has 162 valence electrons. The summed E-state index contributed by atoms with van der Waals surface area (Å²) in [4.78, 5) is 27.5. The van der Waals surface area contributed by atoms with Gasteiger partial charge in [0.25, 0.3) is 5.91 Å². The van der Waals surface area contributed by atoms with Crippen LogP contribution in [-0.4, -0.2) is 36.9 Å². The van der Waals surface area contributed by atoms with Gasteiger partial charge >= 0.3 is 0 Å². The van der Waals surface area contributed by atoms with E-state index in [2.05, 4.69) is 11.4 Å². The lowest BCUT2D eigenvalue weighted by Gasteiger charge is -2.27. The molecule has 0 radical (unpaired) electrons. The molecule has 5 heteroatoms. The largest absolute Gasteiger partial charge is 0.497 e. The molecule has 31 heavy (non-hydrogen) atoms. The minimum absolute atomic E-state index is 0.0339. The van der Waals surface area contributed by atoms with Crippen LogP contribution in [-0.2, 0) is 11.3 Å². The van der Waals surface area contributed by atoms with Gasteiger partial charge in [0.2, 0.25) is 5.91 Å². The Morgan fingerprint density at radius 2 is 1.61 bits per heavy atom. The second-order valence-corrected chi connectivity index (χ2v) is 8.30. The summed E-state index contributed by atoms with van der Waals surface area (Å²) in [6, 6.07) is 18.8. The number of benzene rings is 3. The molecular formula is C26H30N2O3. The highest BCUT2D eigenvalue weighted by Gasteiger charge is 2.27. The van der Waals surface area contributed by atoms with Crippen LogP contribution >= 0.6 is 0 Å². The molecule has 0 aliphatic heterocycles. The molecule has 0 aliphatic rings. The molecule has 0 bridgehead atoms. The Kier molecular flexibility index (Phi) is 6.95. The second kappa shape index (κ2) is 9.65. The number of likely N-dealkylation sites (N-methyl/N-ethyl adjacent to an activating group) is 1. The van der Waals surface area contributed by atoms with Crippen molar-refractivity contribution in [2.75, 3.05) is 14.2 Å². The molecule has 0 aliphatic carbocycles. The van der Waals surface area contributed by atoms with E-state index >= 15 is 0 Å². The topological polar surface area (TPSA) is 58.6 Å². The molecule has 1 unspecified atom stereocenters. The van der Waals surface area contributed by atoms with E-state index in [0.717, 1.165) is 27.6 Å². The van der Waals surface area contributed by atoms with Crippen molar-refractivity contribution in [2.24, 2.45) is 5.92 Å². The zero-order valence-electron chi connectivity index (χ0n) is 18.8. The molecule has 0 aromatic heterocycles. The summed E-state index contributed by atoms with van der Waals surface area (Å²) in [5.41, 5.74) is 2.67. The monoisotopic (exact) mass is 418 g/mol. The minimum Gasteiger partial charge on any atom is -0.497 e. The average Bonchev–Trinajstić information content (AvgIpc) is 2.76. The summed E-state index contributed by atoms with van der Waals surface area (Å²) < 4.78 is 5.28. The third kappa shape index (κ3) is 5.43. The predicted octanol–water partition coefficient (Wildman–Crippen LogP) is 4.57. The van der Waals surface area contributed by atoms with Crippen molar-refractivity contribution >= 4 is 22.6 Å². The number of amides is 2. The Bertz CT molecular complexity index is 1070. The fraction of sp³-hybridized carbons (Fsp3) is 0.308. The SMILES string of the molecule is COc1ccc2cc(CN(C)C(=O)C(NC(=O)c3ccc(C)cc3)C(C)C)ccc2c1. The number of methoxy groups -OCH3 is 1. The van der Waals surface area contributed by atoms with E-state index in [4.69, 9.17) is 4.74 Å². The highest BCUT2D eigenvalue weighted by Crippen LogP contribution is 2.22. The third-order valence-corrected chi connectivity index (χ3v) is 5.44. The lowest BCUT2D eigenvalue weighted by Crippen LogP contribution is -2.50. The number of nitrogens with zero attached hydrogens (tertiary/aromatic N) is 1. The van der Waals surface area contributed by atoms with Gasteiger partial charge in [0, 0.05) is 19.2 Å². The Morgan fingerprint density at radius 3 is 2.26 bits per heavy atom. The van der Waals surface area contributed by atoms with Crippen molar-refractivity contribution in [1.29, 1.82) is 0 Å². The van der Waals surface area contributed by atoms with Crippen LogP contribution in [0.25, 0.3) is 10.8 Å². The summed E-state index contributed by atoms with van der Waals surface area (Å²) in [7, 11) is 3.42. The van der Waals surface area contributed by atoms with Crippen LogP contribution in [0.2, 0.25) is 0 Å². The molecule has 1 N–H and O–H groups in total. The summed E-state index contributed by atoms with van der Waals surface area (Å²) >= 11 is 0. The van der Waals surface area contributed by atoms with E-state index in [1.807, 2.05) is 63.2 Å². The number of nitrogens with one attached hydrogen (secondary N) is 1. The first-order chi connectivity index (χ1) is 14.8. The smallest absolute Gasteiger partial charge is 0.251 e. The fourth-order valence-corrected chi connectivity index (χ4v) is 3.53. The van der Waals surface area contributed by atoms with E-state index in [1.54, 1.807) is 31.2 Å². The summed E-state index contributed by atoms with van der Waals surface area (Å²) in [6.45, 7) is 6.31. The summed E-state index contributed by atoms with van der Waals surface area (Å²) in [5, 5.41) is 5.09. The lowest BCUT2D eigenvalue weighted by molar-refractivity contribution is -0.133. The maximum Gasteiger partial charge on any atom is 0.251 e. The molecule has 0 saturated carbocycles. The van der Waals surface area contributed by atoms with Gasteiger partial charge in [-0.15, -0.1) is 0 Å². The van der Waals surface area contributed by atoms with Crippen LogP contribution in [0, 0.1) is 12.8 Å². The molecule has 1 atom stereocenters. The van der Waals surface area contributed by atoms with Crippen molar-refractivity contribution in [3.8, 4) is 5.75 Å². The number of carbonyl (C=O) groups excluding carboxylic acids is 2. The van der Waals surface area contributed by atoms with Gasteiger partial charge in [-0.3, -0.25) is 9.59 Å². The van der Waals surface area contributed by atoms with Crippen LogP contribution in [0.4, 0.5) is 0 Å². The number of rotatable bonds is 7. The number of aryl methyl sites for hydroxylation is 1. The van der Waals surface area contributed by atoms with Crippen molar-refractivity contribution in [3.05, 3.63) is 77.4 Å². The molecule has 0 saturated heterocycles. The molecule has 0 fully saturated rings. The number of carbonyl (C=O) groups is 2. The zero-order chi connectivity index (χ0) is 22.5. The van der Waals surface area contributed by atoms with E-state index in [0.29, 0.717) is 12.1 Å². The minimum atomic E-state index is -0.594. The van der Waals surface area contributed by atoms with Gasteiger partial charge in [0.15, 0.2) is 0 Å². The maximum atomic E-state index is 13.2. The number of hydrogen-bond donors (Lipinski definition) is 1. The predicted molar refractivity (Wildman–Crippen MR) is 124 cm³/mol. The van der Waals surface area contributed by atoms with Crippen molar-refractivity contribution < 1.29 is 14.3 Å². The standard InChI is InChI=1S/C26H30N2O3/c1-17(2)24(27-25(29)20-9-6-18(3)7-10-20)26(30)28(4)16-19-8-11-22-15-23(31-5)13-12-21(22)14-19/h6-15,17,24H,16H2,1-5H3,(H,27,29). The molecule has 5 nitrogen and oxygen atoms in total. The first-order valence-corrected chi connectivity index (χ1v) is 10.5. The molecular weight excluding hydrogens is 388 g/mol. The summed E-state index contributed by atoms with van der Waals surface area (Å²) in [6.07, 6.45) is 0. The quantitative estimate of drug-likeness (QED) is 0.611. The van der Waals surface area contributed by atoms with Crippen molar-refractivity contribution in [2.45, 2.75) is 33.4 Å². The van der Waals surface area contributed by atoms with Gasteiger partial charge in [-0.2, -0.15) is 0 Å². The van der Waals surface area contributed by atoms with Crippen LogP contribution in [0.1, 0.15) is 35.3 Å². The highest BCUT2D eigenvalue weighted by molar-refractivity contribution is 5.97. The van der Waals surface area contributed by atoms with Crippen LogP contribution in [0.15, 0.2) is 60.7 Å². The molecule has 0 heterocycles. The Hall–Kier alpha value is -3.34. The van der Waals surface area contributed by atoms with E-state index < -0.39 is 6.04 Å². The fourth-order valence-electron chi connectivity index (χ4n) is 3.53. The second-order valence-electron chi connectivity index (χ2n) is 8.30. The van der Waals surface area contributed by atoms with Crippen molar-refractivity contribution in [1.82, 2.24) is 10.2 Å². The Morgan fingerprint density at radius 1 is 0.968 bits per heavy atom. The van der Waals surface area contributed by atoms with Gasteiger partial charge in [0.05, 0.1) is 7.11 Å². The molecule has 0 spiro atoms. The normalized spacial score (nSPS) is 11.9. The zero-order valence-corrected chi connectivity index (χ0v) is 18.8. The molecule has 3 rings (SSSR count). The molecule has 3 aromatic carbocycles.